The fourth-order valence-electron chi connectivity index (χ4n) is 1.96. The quantitative estimate of drug-likeness (QED) is 0.775. The zero-order chi connectivity index (χ0) is 15.4. The molecular formula is C16H14N4O2. The maximum atomic E-state index is 12.1. The van der Waals surface area contributed by atoms with Crippen molar-refractivity contribution in [2.24, 2.45) is 0 Å². The second-order valence-corrected chi connectivity index (χ2v) is 4.56. The number of carbonyl (C=O) groups is 1. The third kappa shape index (κ3) is 2.95. The SMILES string of the molecule is COc1ccc(C(=O)Nc2n[nH]c(-c3ccccc3)n2)cc1. The van der Waals surface area contributed by atoms with Gasteiger partial charge in [0.2, 0.25) is 5.95 Å². The van der Waals surface area contributed by atoms with Gasteiger partial charge in [0, 0.05) is 11.1 Å². The van der Waals surface area contributed by atoms with Crippen LogP contribution in [0.5, 0.6) is 5.75 Å². The summed E-state index contributed by atoms with van der Waals surface area (Å²) >= 11 is 0. The summed E-state index contributed by atoms with van der Waals surface area (Å²) in [5.74, 6) is 1.26. The van der Waals surface area contributed by atoms with Crippen LogP contribution in [0.3, 0.4) is 0 Å². The zero-order valence-corrected chi connectivity index (χ0v) is 11.9. The number of ether oxygens (including phenoxy) is 1. The molecular weight excluding hydrogens is 280 g/mol. The number of aromatic amines is 1. The number of anilines is 1. The Morgan fingerprint density at radius 2 is 1.82 bits per heavy atom. The van der Waals surface area contributed by atoms with E-state index in [0.29, 0.717) is 17.1 Å². The molecule has 6 nitrogen and oxygen atoms in total. The van der Waals surface area contributed by atoms with Crippen molar-refractivity contribution in [3.8, 4) is 17.1 Å². The molecule has 110 valence electrons. The van der Waals surface area contributed by atoms with Gasteiger partial charge in [0.25, 0.3) is 5.91 Å². The summed E-state index contributed by atoms with van der Waals surface area (Å²) in [5, 5.41) is 9.45. The van der Waals surface area contributed by atoms with Gasteiger partial charge in [-0.2, -0.15) is 4.98 Å². The zero-order valence-electron chi connectivity index (χ0n) is 11.9. The maximum absolute atomic E-state index is 12.1. The summed E-state index contributed by atoms with van der Waals surface area (Å²) in [6, 6.07) is 16.4. The number of hydrogen-bond acceptors (Lipinski definition) is 4. The van der Waals surface area contributed by atoms with Gasteiger partial charge in [0.15, 0.2) is 5.82 Å². The highest BCUT2D eigenvalue weighted by Crippen LogP contribution is 2.16. The lowest BCUT2D eigenvalue weighted by atomic mass is 10.2. The van der Waals surface area contributed by atoms with Gasteiger partial charge < -0.3 is 4.74 Å². The van der Waals surface area contributed by atoms with E-state index in [1.54, 1.807) is 31.4 Å². The van der Waals surface area contributed by atoms with Gasteiger partial charge >= 0.3 is 0 Å². The van der Waals surface area contributed by atoms with E-state index >= 15 is 0 Å². The van der Waals surface area contributed by atoms with E-state index < -0.39 is 0 Å². The van der Waals surface area contributed by atoms with Gasteiger partial charge in [-0.1, -0.05) is 30.3 Å². The van der Waals surface area contributed by atoms with E-state index in [1.165, 1.54) is 0 Å². The van der Waals surface area contributed by atoms with Gasteiger partial charge in [-0.3, -0.25) is 15.2 Å². The van der Waals surface area contributed by atoms with Crippen LogP contribution in [0.4, 0.5) is 5.95 Å². The first-order chi connectivity index (χ1) is 10.8. The highest BCUT2D eigenvalue weighted by molar-refractivity contribution is 6.03. The van der Waals surface area contributed by atoms with E-state index in [2.05, 4.69) is 20.5 Å². The lowest BCUT2D eigenvalue weighted by Crippen LogP contribution is -2.12. The number of nitrogens with zero attached hydrogens (tertiary/aromatic N) is 2. The minimum atomic E-state index is -0.277. The molecule has 0 aliphatic heterocycles. The van der Waals surface area contributed by atoms with E-state index in [4.69, 9.17) is 4.74 Å². The van der Waals surface area contributed by atoms with Gasteiger partial charge in [-0.15, -0.1) is 5.10 Å². The molecule has 2 N–H and O–H groups in total. The molecule has 0 fully saturated rings. The molecule has 0 aliphatic rings. The predicted octanol–water partition coefficient (Wildman–Crippen LogP) is 2.73. The van der Waals surface area contributed by atoms with Crippen LogP contribution in [0.15, 0.2) is 54.6 Å². The molecule has 0 bridgehead atoms. The Morgan fingerprint density at radius 1 is 1.09 bits per heavy atom. The Bertz CT molecular complexity index is 766. The molecule has 0 saturated heterocycles. The van der Waals surface area contributed by atoms with E-state index in [0.717, 1.165) is 5.56 Å². The molecule has 0 saturated carbocycles. The van der Waals surface area contributed by atoms with Gasteiger partial charge in [-0.05, 0) is 24.3 Å². The van der Waals surface area contributed by atoms with Crippen LogP contribution in [0, 0.1) is 0 Å². The minimum absolute atomic E-state index is 0.236. The van der Waals surface area contributed by atoms with Crippen molar-refractivity contribution in [3.05, 3.63) is 60.2 Å². The molecule has 0 atom stereocenters. The summed E-state index contributed by atoms with van der Waals surface area (Å²) < 4.78 is 5.06. The van der Waals surface area contributed by atoms with Crippen LogP contribution in [0.1, 0.15) is 10.4 Å². The number of carbonyl (C=O) groups excluding carboxylic acids is 1. The monoisotopic (exact) mass is 294 g/mol. The highest BCUT2D eigenvalue weighted by Gasteiger charge is 2.10. The van der Waals surface area contributed by atoms with E-state index in [-0.39, 0.29) is 11.9 Å². The summed E-state index contributed by atoms with van der Waals surface area (Å²) in [4.78, 5) is 16.4. The molecule has 0 aliphatic carbocycles. The average molecular weight is 294 g/mol. The molecule has 2 aromatic carbocycles. The van der Waals surface area contributed by atoms with Gasteiger partial charge in [0.1, 0.15) is 5.75 Å². The third-order valence-electron chi connectivity index (χ3n) is 3.11. The van der Waals surface area contributed by atoms with Crippen LogP contribution in [-0.4, -0.2) is 28.2 Å². The van der Waals surface area contributed by atoms with Crippen LogP contribution in [-0.2, 0) is 0 Å². The molecule has 0 unspecified atom stereocenters. The molecule has 6 heteroatoms. The standard InChI is InChI=1S/C16H14N4O2/c1-22-13-9-7-12(8-10-13)15(21)18-16-17-14(19-20-16)11-5-3-2-4-6-11/h2-10H,1H3,(H2,17,18,19,20,21). The van der Waals surface area contributed by atoms with Crippen molar-refractivity contribution in [1.29, 1.82) is 0 Å². The molecule has 1 aromatic heterocycles. The number of amides is 1. The van der Waals surface area contributed by atoms with Crippen molar-refractivity contribution < 1.29 is 9.53 Å². The second kappa shape index (κ2) is 6.09. The van der Waals surface area contributed by atoms with Crippen molar-refractivity contribution in [2.45, 2.75) is 0 Å². The molecule has 3 rings (SSSR count). The summed E-state index contributed by atoms with van der Waals surface area (Å²) in [5.41, 5.74) is 1.41. The number of rotatable bonds is 4. The molecule has 0 radical (unpaired) electrons. The van der Waals surface area contributed by atoms with Gasteiger partial charge in [0.05, 0.1) is 7.11 Å². The molecule has 3 aromatic rings. The van der Waals surface area contributed by atoms with Crippen molar-refractivity contribution in [3.63, 3.8) is 0 Å². The van der Waals surface area contributed by atoms with E-state index in [9.17, 15) is 4.79 Å². The topological polar surface area (TPSA) is 79.9 Å². The van der Waals surface area contributed by atoms with E-state index in [1.807, 2.05) is 30.3 Å². The first kappa shape index (κ1) is 13.8. The van der Waals surface area contributed by atoms with Crippen molar-refractivity contribution in [1.82, 2.24) is 15.2 Å². The predicted molar refractivity (Wildman–Crippen MR) is 82.8 cm³/mol. The fourth-order valence-corrected chi connectivity index (χ4v) is 1.96. The van der Waals surface area contributed by atoms with Crippen molar-refractivity contribution >= 4 is 11.9 Å². The van der Waals surface area contributed by atoms with Crippen LogP contribution >= 0.6 is 0 Å². The second-order valence-electron chi connectivity index (χ2n) is 4.56. The number of methoxy groups -OCH3 is 1. The Labute approximate surface area is 127 Å². The molecule has 22 heavy (non-hydrogen) atoms. The summed E-state index contributed by atoms with van der Waals surface area (Å²) in [6.45, 7) is 0. The van der Waals surface area contributed by atoms with Crippen LogP contribution in [0.25, 0.3) is 11.4 Å². The van der Waals surface area contributed by atoms with Crippen LogP contribution in [0.2, 0.25) is 0 Å². The molecule has 1 amide bonds. The first-order valence-corrected chi connectivity index (χ1v) is 6.69. The number of aromatic nitrogens is 3. The summed E-state index contributed by atoms with van der Waals surface area (Å²) in [7, 11) is 1.58. The fraction of sp³-hybridized carbons (Fsp3) is 0.0625. The Hall–Kier alpha value is -3.15. The number of benzene rings is 2. The van der Waals surface area contributed by atoms with Crippen molar-refractivity contribution in [2.75, 3.05) is 12.4 Å². The lowest BCUT2D eigenvalue weighted by Gasteiger charge is -2.02. The smallest absolute Gasteiger partial charge is 0.258 e. The molecule has 0 spiro atoms. The Balaban J connectivity index is 1.73. The largest absolute Gasteiger partial charge is 0.497 e. The number of H-pyrrole nitrogens is 1. The van der Waals surface area contributed by atoms with Gasteiger partial charge in [-0.25, -0.2) is 0 Å². The average Bonchev–Trinajstić information content (AvgIpc) is 3.04. The first-order valence-electron chi connectivity index (χ1n) is 6.69. The lowest BCUT2D eigenvalue weighted by molar-refractivity contribution is 0.102. The number of nitrogens with one attached hydrogen (secondary N) is 2. The minimum Gasteiger partial charge on any atom is -0.497 e. The third-order valence-corrected chi connectivity index (χ3v) is 3.11. The highest BCUT2D eigenvalue weighted by atomic mass is 16.5. The Kier molecular flexibility index (Phi) is 3.82. The maximum Gasteiger partial charge on any atom is 0.258 e. The Morgan fingerprint density at radius 3 is 2.50 bits per heavy atom. The molecule has 1 heterocycles. The van der Waals surface area contributed by atoms with Crippen LogP contribution < -0.4 is 10.1 Å². The normalized spacial score (nSPS) is 10.2. The summed E-state index contributed by atoms with van der Waals surface area (Å²) in [6.07, 6.45) is 0. The number of hydrogen-bond donors (Lipinski definition) is 2.